The van der Waals surface area contributed by atoms with Gasteiger partial charge in [-0.25, -0.2) is 9.18 Å². The Morgan fingerprint density at radius 1 is 1.47 bits per heavy atom. The van der Waals surface area contributed by atoms with Crippen LogP contribution < -0.4 is 11.1 Å². The number of nitrogens with two attached hydrogens (primary N) is 1. The zero-order valence-electron chi connectivity index (χ0n) is 11.8. The molecule has 0 spiro atoms. The lowest BCUT2D eigenvalue weighted by atomic mass is 10.0. The molecule has 0 saturated heterocycles. The lowest BCUT2D eigenvalue weighted by Gasteiger charge is -2.24. The van der Waals surface area contributed by atoms with Crippen molar-refractivity contribution >= 4 is 6.09 Å². The van der Waals surface area contributed by atoms with Gasteiger partial charge >= 0.3 is 6.09 Å². The van der Waals surface area contributed by atoms with Crippen LogP contribution in [-0.4, -0.2) is 18.2 Å². The molecule has 0 aliphatic heterocycles. The summed E-state index contributed by atoms with van der Waals surface area (Å²) in [6, 6.07) is 3.99. The minimum Gasteiger partial charge on any atom is -0.444 e. The quantitative estimate of drug-likeness (QED) is 0.885. The number of carbonyl (C=O) groups is 1. The summed E-state index contributed by atoms with van der Waals surface area (Å²) in [6.45, 7) is 7.34. The molecule has 1 aromatic carbocycles. The van der Waals surface area contributed by atoms with Gasteiger partial charge in [-0.05, 0) is 51.0 Å². The van der Waals surface area contributed by atoms with E-state index < -0.39 is 17.7 Å². The van der Waals surface area contributed by atoms with Crippen LogP contribution >= 0.6 is 0 Å². The summed E-state index contributed by atoms with van der Waals surface area (Å²) in [6.07, 6.45) is -0.535. The van der Waals surface area contributed by atoms with E-state index in [1.165, 1.54) is 12.1 Å². The summed E-state index contributed by atoms with van der Waals surface area (Å²) >= 11 is 0. The van der Waals surface area contributed by atoms with E-state index in [2.05, 4.69) is 5.32 Å². The molecular weight excluding hydrogens is 247 g/mol. The van der Waals surface area contributed by atoms with Crippen molar-refractivity contribution in [1.29, 1.82) is 0 Å². The predicted octanol–water partition coefficient (Wildman–Crippen LogP) is 2.66. The monoisotopic (exact) mass is 268 g/mol. The number of halogens is 1. The van der Waals surface area contributed by atoms with Gasteiger partial charge in [0.2, 0.25) is 0 Å². The van der Waals surface area contributed by atoms with Crippen molar-refractivity contribution in [3.8, 4) is 0 Å². The Hall–Kier alpha value is -1.62. The minimum atomic E-state index is -0.568. The molecule has 3 N–H and O–H groups in total. The van der Waals surface area contributed by atoms with Crippen LogP contribution in [0.2, 0.25) is 0 Å². The molecule has 4 nitrogen and oxygen atoms in total. The van der Waals surface area contributed by atoms with Crippen molar-refractivity contribution in [2.45, 2.75) is 39.3 Å². The minimum absolute atomic E-state index is 0.214. The molecule has 1 rings (SSSR count). The first-order valence-corrected chi connectivity index (χ1v) is 6.18. The Morgan fingerprint density at radius 2 is 2.11 bits per heavy atom. The molecule has 0 fully saturated rings. The zero-order chi connectivity index (χ0) is 14.6. The van der Waals surface area contributed by atoms with Crippen LogP contribution in [0.25, 0.3) is 0 Å². The third kappa shape index (κ3) is 4.87. The number of aryl methyl sites for hydroxylation is 1. The SMILES string of the molecule is Cc1cc(F)ccc1C(CN)NC(=O)OC(C)(C)C. The Balaban J connectivity index is 2.81. The molecule has 1 aromatic rings. The average Bonchev–Trinajstić information content (AvgIpc) is 2.24. The van der Waals surface area contributed by atoms with Crippen LogP contribution in [0.5, 0.6) is 0 Å². The summed E-state index contributed by atoms with van der Waals surface area (Å²) in [7, 11) is 0. The molecule has 0 bridgehead atoms. The number of alkyl carbamates (subject to hydrolysis) is 1. The molecule has 1 atom stereocenters. The topological polar surface area (TPSA) is 64.3 Å². The van der Waals surface area contributed by atoms with Gasteiger partial charge in [-0.3, -0.25) is 0 Å². The van der Waals surface area contributed by atoms with E-state index in [9.17, 15) is 9.18 Å². The second kappa shape index (κ2) is 6.02. The molecule has 5 heteroatoms. The summed E-state index contributed by atoms with van der Waals surface area (Å²) in [5.74, 6) is -0.311. The van der Waals surface area contributed by atoms with Crippen LogP contribution in [0.1, 0.15) is 37.9 Å². The highest BCUT2D eigenvalue weighted by molar-refractivity contribution is 5.68. The molecular formula is C14H21FN2O2. The van der Waals surface area contributed by atoms with Crippen LogP contribution in [0, 0.1) is 12.7 Å². The van der Waals surface area contributed by atoms with Crippen molar-refractivity contribution in [1.82, 2.24) is 5.32 Å². The number of hydrogen-bond donors (Lipinski definition) is 2. The van der Waals surface area contributed by atoms with E-state index in [0.29, 0.717) is 0 Å². The summed E-state index contributed by atoms with van der Waals surface area (Å²) < 4.78 is 18.2. The normalized spacial score (nSPS) is 12.9. The smallest absolute Gasteiger partial charge is 0.408 e. The van der Waals surface area contributed by atoms with Gasteiger partial charge in [-0.2, -0.15) is 0 Å². The number of hydrogen-bond acceptors (Lipinski definition) is 3. The van der Waals surface area contributed by atoms with E-state index in [1.54, 1.807) is 33.8 Å². The third-order valence-electron chi connectivity index (χ3n) is 2.53. The maximum absolute atomic E-state index is 13.1. The van der Waals surface area contributed by atoms with Crippen molar-refractivity contribution < 1.29 is 13.9 Å². The van der Waals surface area contributed by atoms with Gasteiger partial charge in [0.25, 0.3) is 0 Å². The fourth-order valence-corrected chi connectivity index (χ4v) is 1.74. The van der Waals surface area contributed by atoms with E-state index in [0.717, 1.165) is 11.1 Å². The van der Waals surface area contributed by atoms with Gasteiger partial charge in [0.15, 0.2) is 0 Å². The molecule has 0 aliphatic carbocycles. The zero-order valence-corrected chi connectivity index (χ0v) is 11.8. The standard InChI is InChI=1S/C14H21FN2O2/c1-9-7-10(15)5-6-11(9)12(8-16)17-13(18)19-14(2,3)4/h5-7,12H,8,16H2,1-4H3,(H,17,18). The van der Waals surface area contributed by atoms with E-state index in [1.807, 2.05) is 0 Å². The molecule has 1 unspecified atom stereocenters. The maximum atomic E-state index is 13.1. The lowest BCUT2D eigenvalue weighted by Crippen LogP contribution is -2.38. The van der Waals surface area contributed by atoms with Gasteiger partial charge in [0.05, 0.1) is 6.04 Å². The molecule has 19 heavy (non-hydrogen) atoms. The number of amides is 1. The van der Waals surface area contributed by atoms with Crippen LogP contribution in [0.4, 0.5) is 9.18 Å². The first kappa shape index (κ1) is 15.4. The second-order valence-electron chi connectivity index (χ2n) is 5.44. The Bertz CT molecular complexity index is 455. The van der Waals surface area contributed by atoms with Crippen LogP contribution in [-0.2, 0) is 4.74 Å². The van der Waals surface area contributed by atoms with Crippen molar-refractivity contribution in [2.75, 3.05) is 6.54 Å². The van der Waals surface area contributed by atoms with Gasteiger partial charge in [-0.15, -0.1) is 0 Å². The predicted molar refractivity (Wildman–Crippen MR) is 72.3 cm³/mol. The molecule has 0 saturated carbocycles. The molecule has 1 amide bonds. The molecule has 0 aromatic heterocycles. The van der Waals surface area contributed by atoms with Crippen LogP contribution in [0.3, 0.4) is 0 Å². The highest BCUT2D eigenvalue weighted by Gasteiger charge is 2.20. The molecule has 0 heterocycles. The number of ether oxygens (including phenoxy) is 1. The van der Waals surface area contributed by atoms with E-state index >= 15 is 0 Å². The van der Waals surface area contributed by atoms with Crippen molar-refractivity contribution in [2.24, 2.45) is 5.73 Å². The number of nitrogens with one attached hydrogen (secondary N) is 1. The number of benzene rings is 1. The van der Waals surface area contributed by atoms with Crippen molar-refractivity contribution in [3.05, 3.63) is 35.1 Å². The first-order chi connectivity index (χ1) is 8.73. The number of carbonyl (C=O) groups excluding carboxylic acids is 1. The van der Waals surface area contributed by atoms with Gasteiger partial charge in [0, 0.05) is 6.54 Å². The highest BCUT2D eigenvalue weighted by atomic mass is 19.1. The largest absolute Gasteiger partial charge is 0.444 e. The first-order valence-electron chi connectivity index (χ1n) is 6.18. The third-order valence-corrected chi connectivity index (χ3v) is 2.53. The van der Waals surface area contributed by atoms with Crippen LogP contribution in [0.15, 0.2) is 18.2 Å². The summed E-state index contributed by atoms with van der Waals surface area (Å²) in [5, 5.41) is 2.69. The Kier molecular flexibility index (Phi) is 4.89. The van der Waals surface area contributed by atoms with Gasteiger partial charge < -0.3 is 15.8 Å². The molecule has 0 radical (unpaired) electrons. The van der Waals surface area contributed by atoms with Gasteiger partial charge in [0.1, 0.15) is 11.4 Å². The Labute approximate surface area is 113 Å². The molecule has 106 valence electrons. The van der Waals surface area contributed by atoms with E-state index in [4.69, 9.17) is 10.5 Å². The second-order valence-corrected chi connectivity index (χ2v) is 5.44. The summed E-state index contributed by atoms with van der Waals surface area (Å²) in [4.78, 5) is 11.7. The lowest BCUT2D eigenvalue weighted by molar-refractivity contribution is 0.0505. The van der Waals surface area contributed by atoms with E-state index in [-0.39, 0.29) is 12.4 Å². The molecule has 0 aliphatic rings. The fraction of sp³-hybridized carbons (Fsp3) is 0.500. The summed E-state index contributed by atoms with van der Waals surface area (Å²) in [5.41, 5.74) is 6.62. The van der Waals surface area contributed by atoms with Gasteiger partial charge in [-0.1, -0.05) is 6.07 Å². The van der Waals surface area contributed by atoms with Crippen molar-refractivity contribution in [3.63, 3.8) is 0 Å². The Morgan fingerprint density at radius 3 is 2.58 bits per heavy atom. The number of rotatable bonds is 3. The maximum Gasteiger partial charge on any atom is 0.408 e. The highest BCUT2D eigenvalue weighted by Crippen LogP contribution is 2.18. The fourth-order valence-electron chi connectivity index (χ4n) is 1.74. The average molecular weight is 268 g/mol.